The zero-order valence-corrected chi connectivity index (χ0v) is 31.2. The maximum Gasteiger partial charge on any atom is 0.279 e. The van der Waals surface area contributed by atoms with Crippen molar-refractivity contribution in [2.75, 3.05) is 25.2 Å². The zero-order chi connectivity index (χ0) is 37.5. The van der Waals surface area contributed by atoms with Crippen molar-refractivity contribution in [2.24, 2.45) is 5.92 Å². The number of hydrogen-bond acceptors (Lipinski definition) is 7. The van der Waals surface area contributed by atoms with Crippen LogP contribution in [0.4, 0.5) is 9.80 Å². The van der Waals surface area contributed by atoms with Gasteiger partial charge in [-0.3, -0.25) is 14.4 Å². The molecule has 4 aromatic carbocycles. The van der Waals surface area contributed by atoms with Gasteiger partial charge in [0.25, 0.3) is 11.5 Å². The summed E-state index contributed by atoms with van der Waals surface area (Å²) in [6, 6.07) is 29.4. The number of fused-ring (bicyclic) bond motifs is 3. The van der Waals surface area contributed by atoms with Crippen molar-refractivity contribution in [3.63, 3.8) is 0 Å². The van der Waals surface area contributed by atoms with Crippen molar-refractivity contribution in [2.45, 2.75) is 56.8 Å². The Morgan fingerprint density at radius 1 is 1.00 bits per heavy atom. The van der Waals surface area contributed by atoms with Crippen molar-refractivity contribution in [1.29, 1.82) is 0 Å². The molecule has 0 bridgehead atoms. The molecule has 2 amide bonds. The average Bonchev–Trinajstić information content (AvgIpc) is 3.57. The van der Waals surface area contributed by atoms with Gasteiger partial charge in [0.2, 0.25) is 14.3 Å². The molecule has 0 saturated carbocycles. The minimum absolute atomic E-state index is 0.106. The molecule has 7 rings (SSSR count). The van der Waals surface area contributed by atoms with Crippen LogP contribution in [0.25, 0.3) is 16.5 Å². The first-order valence-electron chi connectivity index (χ1n) is 17.8. The van der Waals surface area contributed by atoms with Gasteiger partial charge in [0.15, 0.2) is 5.60 Å². The molecule has 53 heavy (non-hydrogen) atoms. The Bertz CT molecular complexity index is 2230. The summed E-state index contributed by atoms with van der Waals surface area (Å²) in [7, 11) is -2.02. The fraction of sp³-hybridized carbons (Fsp3) is 0.317. The van der Waals surface area contributed by atoms with Gasteiger partial charge < -0.3 is 28.5 Å². The van der Waals surface area contributed by atoms with E-state index in [4.69, 9.17) is 9.47 Å². The smallest absolute Gasteiger partial charge is 0.279 e. The highest BCUT2D eigenvalue weighted by atomic mass is 28.4. The fourth-order valence-corrected chi connectivity index (χ4v) is 10.8. The summed E-state index contributed by atoms with van der Waals surface area (Å²) in [6.45, 7) is 5.34. The van der Waals surface area contributed by atoms with Crippen molar-refractivity contribution in [1.82, 2.24) is 14.7 Å². The monoisotopic (exact) mass is 734 g/mol. The quantitative estimate of drug-likeness (QED) is 0.128. The number of methoxy groups -OCH3 is 1. The van der Waals surface area contributed by atoms with Gasteiger partial charge >= 0.3 is 0 Å². The van der Waals surface area contributed by atoms with E-state index >= 15 is 4.11 Å². The topological polar surface area (TPSA) is 114 Å². The number of ether oxygens (including phenoxy) is 2. The summed E-state index contributed by atoms with van der Waals surface area (Å²) < 4.78 is 30.3. The lowest BCUT2D eigenvalue weighted by Crippen LogP contribution is -2.45. The maximum absolute atomic E-state index is 16.5. The van der Waals surface area contributed by atoms with Crippen molar-refractivity contribution < 1.29 is 28.3 Å². The number of benzene rings is 4. The van der Waals surface area contributed by atoms with E-state index in [9.17, 15) is 19.5 Å². The summed E-state index contributed by atoms with van der Waals surface area (Å²) in [5.74, 6) is -0.748. The van der Waals surface area contributed by atoms with Crippen LogP contribution in [0, 0.1) is 5.92 Å². The molecule has 0 unspecified atom stereocenters. The first kappa shape index (κ1) is 36.2. The molecule has 274 valence electrons. The van der Waals surface area contributed by atoms with Gasteiger partial charge in [-0.1, -0.05) is 67.6 Å². The van der Waals surface area contributed by atoms with Crippen LogP contribution in [0.1, 0.15) is 30.0 Å². The summed E-state index contributed by atoms with van der Waals surface area (Å²) in [4.78, 5) is 45.5. The molecule has 10 nitrogen and oxygen atoms in total. The molecular formula is C41H43FN4O6Si. The molecule has 5 aromatic rings. The lowest BCUT2D eigenvalue weighted by atomic mass is 9.82. The van der Waals surface area contributed by atoms with Gasteiger partial charge in [-0.2, -0.15) is 9.78 Å². The van der Waals surface area contributed by atoms with Gasteiger partial charge in [0, 0.05) is 35.5 Å². The Balaban J connectivity index is 1.24. The summed E-state index contributed by atoms with van der Waals surface area (Å²) in [6.07, 6.45) is 0.613. The molecule has 12 heteroatoms. The molecule has 4 atom stereocenters. The molecule has 1 fully saturated rings. The van der Waals surface area contributed by atoms with Crippen LogP contribution in [0.2, 0.25) is 18.6 Å². The molecule has 0 aliphatic carbocycles. The number of nitrogens with zero attached hydrogens (tertiary/aromatic N) is 4. The molecule has 1 aromatic heterocycles. The van der Waals surface area contributed by atoms with E-state index < -0.39 is 31.6 Å². The number of carbonyl (C=O) groups excluding carboxylic acids is 2. The predicted octanol–water partition coefficient (Wildman–Crippen LogP) is 6.13. The summed E-state index contributed by atoms with van der Waals surface area (Å²) in [5, 5.41) is 15.5. The number of rotatable bonds is 11. The lowest BCUT2D eigenvalue weighted by Gasteiger charge is -2.31. The maximum atomic E-state index is 16.5. The van der Waals surface area contributed by atoms with Crippen molar-refractivity contribution in [3.8, 4) is 11.4 Å². The highest BCUT2D eigenvalue weighted by Crippen LogP contribution is 2.60. The third-order valence-corrected chi connectivity index (χ3v) is 13.1. The highest BCUT2D eigenvalue weighted by molar-refractivity contribution is 6.72. The van der Waals surface area contributed by atoms with E-state index in [1.165, 1.54) is 4.68 Å². The standard InChI is InChI=1S/C41H43FN4O6Si/c1-27-38(53(3,4)42)36(23-37(48)44(19-20-47)25-28-11-6-5-7-12-28)52-41(27)34-22-32(51-2)17-18-35(34)45(40(41)50)26-29-13-10-15-31(21-29)46-39(49)33-16-9-8-14-30(33)24-43-46/h5-18,21-22,24,27,36,38,47H,19-20,23,25-26H2,1-4H3/t27-,36+,38-,41+/m1/s1. The lowest BCUT2D eigenvalue weighted by molar-refractivity contribution is -0.150. The minimum atomic E-state index is -3.56. The fourth-order valence-electron chi connectivity index (χ4n) is 8.27. The predicted molar refractivity (Wildman–Crippen MR) is 203 cm³/mol. The number of aliphatic hydroxyl groups is 1. The third-order valence-electron chi connectivity index (χ3n) is 10.7. The molecule has 3 heterocycles. The molecule has 1 N–H and O–H groups in total. The average molecular weight is 735 g/mol. The summed E-state index contributed by atoms with van der Waals surface area (Å²) in [5.41, 5.74) is 0.821. The Labute approximate surface area is 308 Å². The van der Waals surface area contributed by atoms with Crippen LogP contribution in [0.15, 0.2) is 108 Å². The van der Waals surface area contributed by atoms with E-state index in [-0.39, 0.29) is 50.0 Å². The van der Waals surface area contributed by atoms with Crippen LogP contribution >= 0.6 is 0 Å². The van der Waals surface area contributed by atoms with E-state index in [0.717, 1.165) is 16.5 Å². The SMILES string of the molecule is COc1ccc2c(c1)[C@]1(O[C@@H](CC(=O)N(CCO)Cc3ccccc3)[C@H]([Si](C)(C)F)[C@H]1C)C(=O)N2Cc1cccc(-n2ncc3ccccc3c2=O)c1. The number of aromatic nitrogens is 2. The number of aliphatic hydroxyl groups excluding tert-OH is 1. The van der Waals surface area contributed by atoms with Crippen LogP contribution in [-0.4, -0.2) is 66.4 Å². The molecule has 1 spiro atoms. The van der Waals surface area contributed by atoms with Gasteiger partial charge in [-0.25, -0.2) is 0 Å². The Morgan fingerprint density at radius 2 is 1.74 bits per heavy atom. The Kier molecular flexibility index (Phi) is 9.79. The number of amides is 2. The largest absolute Gasteiger partial charge is 0.497 e. The Hall–Kier alpha value is -5.17. The van der Waals surface area contributed by atoms with E-state index in [2.05, 4.69) is 5.10 Å². The van der Waals surface area contributed by atoms with Crippen LogP contribution in [0.3, 0.4) is 0 Å². The van der Waals surface area contributed by atoms with E-state index in [0.29, 0.717) is 28.1 Å². The molecule has 0 radical (unpaired) electrons. The first-order valence-corrected chi connectivity index (χ1v) is 20.8. The van der Waals surface area contributed by atoms with E-state index in [1.807, 2.05) is 79.7 Å². The molecular weight excluding hydrogens is 692 g/mol. The zero-order valence-electron chi connectivity index (χ0n) is 30.2. The van der Waals surface area contributed by atoms with Gasteiger partial charge in [0.1, 0.15) is 5.75 Å². The number of hydrogen-bond donors (Lipinski definition) is 1. The second-order valence-corrected chi connectivity index (χ2v) is 18.2. The van der Waals surface area contributed by atoms with Crippen LogP contribution in [0.5, 0.6) is 5.75 Å². The first-order chi connectivity index (χ1) is 25.5. The van der Waals surface area contributed by atoms with Gasteiger partial charge in [-0.15, -0.1) is 0 Å². The third kappa shape index (κ3) is 6.55. The van der Waals surface area contributed by atoms with Crippen molar-refractivity contribution in [3.05, 3.63) is 130 Å². The number of halogens is 1. The van der Waals surface area contributed by atoms with Crippen LogP contribution in [-0.2, 0) is 33.0 Å². The second kappa shape index (κ2) is 14.3. The molecule has 2 aliphatic heterocycles. The van der Waals surface area contributed by atoms with E-state index in [1.54, 1.807) is 60.5 Å². The normalized spacial score (nSPS) is 21.0. The molecule has 2 aliphatic rings. The van der Waals surface area contributed by atoms with Crippen LogP contribution < -0.4 is 15.2 Å². The minimum Gasteiger partial charge on any atom is -0.497 e. The molecule has 1 saturated heterocycles. The Morgan fingerprint density at radius 3 is 2.47 bits per heavy atom. The van der Waals surface area contributed by atoms with Gasteiger partial charge in [0.05, 0.1) is 55.7 Å². The number of anilines is 1. The second-order valence-electron chi connectivity index (χ2n) is 14.4. The highest BCUT2D eigenvalue weighted by Gasteiger charge is 2.67. The summed E-state index contributed by atoms with van der Waals surface area (Å²) >= 11 is 0. The van der Waals surface area contributed by atoms with Crippen molar-refractivity contribution >= 4 is 36.7 Å². The number of carbonyl (C=O) groups is 2. The van der Waals surface area contributed by atoms with Gasteiger partial charge in [-0.05, 0) is 60.6 Å².